The molecule has 0 saturated heterocycles. The van der Waals surface area contributed by atoms with Crippen LogP contribution in [0.5, 0.6) is 0 Å². The van der Waals surface area contributed by atoms with Crippen molar-refractivity contribution in [3.05, 3.63) is 69.9 Å². The zero-order valence-electron chi connectivity index (χ0n) is 12.3. The van der Waals surface area contributed by atoms with E-state index in [4.69, 9.17) is 0 Å². The minimum atomic E-state index is -0.500. The van der Waals surface area contributed by atoms with E-state index in [1.165, 1.54) is 24.4 Å². The predicted molar refractivity (Wildman–Crippen MR) is 82.5 cm³/mol. The first-order valence-corrected chi connectivity index (χ1v) is 7.03. The molecule has 0 aliphatic heterocycles. The predicted octanol–water partition coefficient (Wildman–Crippen LogP) is 0.603. The van der Waals surface area contributed by atoms with Crippen LogP contribution < -0.4 is 16.2 Å². The highest BCUT2D eigenvalue weighted by atomic mass is 19.1. The summed E-state index contributed by atoms with van der Waals surface area (Å²) in [7, 11) is 0. The maximum Gasteiger partial charge on any atom is 0.260 e. The first-order chi connectivity index (χ1) is 11.1. The Kier molecular flexibility index (Phi) is 5.62. The van der Waals surface area contributed by atoms with Crippen molar-refractivity contribution in [3.8, 4) is 0 Å². The van der Waals surface area contributed by atoms with Crippen LogP contribution in [0.4, 0.5) is 4.39 Å². The second kappa shape index (κ2) is 7.88. The van der Waals surface area contributed by atoms with Crippen molar-refractivity contribution >= 4 is 11.8 Å². The molecule has 0 bridgehead atoms. The molecule has 1 heterocycles. The summed E-state index contributed by atoms with van der Waals surface area (Å²) in [6.45, 7) is 0.429. The van der Waals surface area contributed by atoms with Gasteiger partial charge in [0.2, 0.25) is 5.91 Å². The monoisotopic (exact) mass is 317 g/mol. The van der Waals surface area contributed by atoms with E-state index in [0.717, 1.165) is 0 Å². The van der Waals surface area contributed by atoms with Crippen molar-refractivity contribution in [2.45, 2.75) is 6.42 Å². The van der Waals surface area contributed by atoms with Crippen LogP contribution in [0.3, 0.4) is 0 Å². The van der Waals surface area contributed by atoms with Crippen LogP contribution in [-0.4, -0.2) is 29.9 Å². The molecule has 6 nitrogen and oxygen atoms in total. The number of aromatic nitrogens is 1. The molecule has 0 fully saturated rings. The first-order valence-electron chi connectivity index (χ1n) is 7.03. The third-order valence-electron chi connectivity index (χ3n) is 3.07. The third-order valence-corrected chi connectivity index (χ3v) is 3.07. The molecule has 1 aromatic heterocycles. The molecule has 120 valence electrons. The number of amides is 2. The number of hydrogen-bond acceptors (Lipinski definition) is 3. The number of pyridine rings is 1. The average molecular weight is 317 g/mol. The Labute approximate surface area is 131 Å². The number of benzene rings is 1. The highest BCUT2D eigenvalue weighted by Gasteiger charge is 2.09. The van der Waals surface area contributed by atoms with Crippen molar-refractivity contribution in [2.75, 3.05) is 13.1 Å². The topological polar surface area (TPSA) is 91.1 Å². The van der Waals surface area contributed by atoms with Crippen LogP contribution in [0.1, 0.15) is 15.9 Å². The van der Waals surface area contributed by atoms with Gasteiger partial charge in [-0.3, -0.25) is 14.4 Å². The number of H-pyrrole nitrogens is 1. The standard InChI is InChI=1S/C16H16FN3O3/c17-12-5-3-11(4-6-12)10-14(21)18-8-9-20-16(23)13-2-1-7-19-15(13)22/h1-7H,8-10H2,(H,18,21)(H,19,22)(H,20,23). The molecule has 0 aliphatic carbocycles. The van der Waals surface area contributed by atoms with Gasteiger partial charge < -0.3 is 15.6 Å². The molecule has 2 amide bonds. The Morgan fingerprint density at radius 2 is 1.74 bits per heavy atom. The highest BCUT2D eigenvalue weighted by Crippen LogP contribution is 2.03. The van der Waals surface area contributed by atoms with E-state index in [0.29, 0.717) is 5.56 Å². The van der Waals surface area contributed by atoms with Crippen LogP contribution in [0.25, 0.3) is 0 Å². The van der Waals surface area contributed by atoms with Gasteiger partial charge in [0.25, 0.3) is 11.5 Å². The van der Waals surface area contributed by atoms with Gasteiger partial charge in [-0.25, -0.2) is 4.39 Å². The van der Waals surface area contributed by atoms with Crippen LogP contribution in [0.2, 0.25) is 0 Å². The molecule has 3 N–H and O–H groups in total. The van der Waals surface area contributed by atoms with Gasteiger partial charge in [-0.15, -0.1) is 0 Å². The molecule has 23 heavy (non-hydrogen) atoms. The number of halogens is 1. The number of carbonyl (C=O) groups excluding carboxylic acids is 2. The molecule has 2 aromatic rings. The van der Waals surface area contributed by atoms with Crippen LogP contribution >= 0.6 is 0 Å². The Morgan fingerprint density at radius 3 is 2.43 bits per heavy atom. The van der Waals surface area contributed by atoms with E-state index in [-0.39, 0.29) is 36.8 Å². The lowest BCUT2D eigenvalue weighted by Gasteiger charge is -2.07. The number of carbonyl (C=O) groups is 2. The zero-order valence-corrected chi connectivity index (χ0v) is 12.3. The summed E-state index contributed by atoms with van der Waals surface area (Å²) < 4.78 is 12.8. The molecule has 0 saturated carbocycles. The summed E-state index contributed by atoms with van der Waals surface area (Å²) in [5.41, 5.74) is 0.249. The molecule has 7 heteroatoms. The van der Waals surface area contributed by atoms with Crippen LogP contribution in [0.15, 0.2) is 47.4 Å². The van der Waals surface area contributed by atoms with Gasteiger partial charge in [0, 0.05) is 19.3 Å². The molecule has 0 atom stereocenters. The molecular formula is C16H16FN3O3. The van der Waals surface area contributed by atoms with Crippen molar-refractivity contribution in [1.29, 1.82) is 0 Å². The Hall–Kier alpha value is -2.96. The lowest BCUT2D eigenvalue weighted by molar-refractivity contribution is -0.120. The van der Waals surface area contributed by atoms with Gasteiger partial charge >= 0.3 is 0 Å². The van der Waals surface area contributed by atoms with Gasteiger partial charge in [0.15, 0.2) is 0 Å². The van der Waals surface area contributed by atoms with E-state index in [2.05, 4.69) is 15.6 Å². The third kappa shape index (κ3) is 5.06. The molecule has 1 aromatic carbocycles. The maximum atomic E-state index is 12.8. The number of rotatable bonds is 6. The summed E-state index contributed by atoms with van der Waals surface area (Å²) in [6, 6.07) is 8.64. The molecule has 0 radical (unpaired) electrons. The van der Waals surface area contributed by atoms with Crippen molar-refractivity contribution < 1.29 is 14.0 Å². The summed E-state index contributed by atoms with van der Waals surface area (Å²) >= 11 is 0. The SMILES string of the molecule is O=C(Cc1ccc(F)cc1)NCCNC(=O)c1ccc[nH]c1=O. The van der Waals surface area contributed by atoms with Gasteiger partial charge in [-0.1, -0.05) is 12.1 Å². The smallest absolute Gasteiger partial charge is 0.260 e. The second-order valence-corrected chi connectivity index (χ2v) is 4.82. The first kappa shape index (κ1) is 16.4. The van der Waals surface area contributed by atoms with Gasteiger partial charge in [-0.2, -0.15) is 0 Å². The highest BCUT2D eigenvalue weighted by molar-refractivity contribution is 5.93. The largest absolute Gasteiger partial charge is 0.354 e. The summed E-state index contributed by atoms with van der Waals surface area (Å²) in [4.78, 5) is 37.3. The van der Waals surface area contributed by atoms with Crippen molar-refractivity contribution in [3.63, 3.8) is 0 Å². The van der Waals surface area contributed by atoms with Gasteiger partial charge in [-0.05, 0) is 29.8 Å². The Morgan fingerprint density at radius 1 is 1.04 bits per heavy atom. The van der Waals surface area contributed by atoms with Crippen LogP contribution in [0, 0.1) is 5.82 Å². The fourth-order valence-electron chi connectivity index (χ4n) is 1.92. The zero-order chi connectivity index (χ0) is 16.7. The number of nitrogens with one attached hydrogen (secondary N) is 3. The van der Waals surface area contributed by atoms with Gasteiger partial charge in [0.05, 0.1) is 6.42 Å². The minimum absolute atomic E-state index is 0.0186. The maximum absolute atomic E-state index is 12.8. The summed E-state index contributed by atoms with van der Waals surface area (Å²) in [6.07, 6.45) is 1.57. The summed E-state index contributed by atoms with van der Waals surface area (Å²) in [5.74, 6) is -1.09. The quantitative estimate of drug-likeness (QED) is 0.682. The fraction of sp³-hybridized carbons (Fsp3) is 0.188. The lowest BCUT2D eigenvalue weighted by atomic mass is 10.1. The normalized spacial score (nSPS) is 10.1. The molecule has 0 spiro atoms. The van der Waals surface area contributed by atoms with Crippen molar-refractivity contribution in [2.24, 2.45) is 0 Å². The molecule has 0 aliphatic rings. The molecular weight excluding hydrogens is 301 g/mol. The average Bonchev–Trinajstić information content (AvgIpc) is 2.54. The fourth-order valence-corrected chi connectivity index (χ4v) is 1.92. The number of hydrogen-bond donors (Lipinski definition) is 3. The Balaban J connectivity index is 1.72. The van der Waals surface area contributed by atoms with E-state index in [1.54, 1.807) is 18.2 Å². The Bertz CT molecular complexity index is 741. The van der Waals surface area contributed by atoms with E-state index >= 15 is 0 Å². The van der Waals surface area contributed by atoms with Crippen molar-refractivity contribution in [1.82, 2.24) is 15.6 Å². The molecule has 2 rings (SSSR count). The van der Waals surface area contributed by atoms with E-state index < -0.39 is 11.5 Å². The van der Waals surface area contributed by atoms with Gasteiger partial charge in [0.1, 0.15) is 11.4 Å². The summed E-state index contributed by atoms with van der Waals surface area (Å²) in [5, 5.41) is 5.18. The van der Waals surface area contributed by atoms with E-state index in [9.17, 15) is 18.8 Å². The molecule has 0 unspecified atom stereocenters. The second-order valence-electron chi connectivity index (χ2n) is 4.82. The minimum Gasteiger partial charge on any atom is -0.354 e. The van der Waals surface area contributed by atoms with E-state index in [1.807, 2.05) is 0 Å². The number of aromatic amines is 1. The lowest BCUT2D eigenvalue weighted by Crippen LogP contribution is -2.37. The van der Waals surface area contributed by atoms with Crippen LogP contribution in [-0.2, 0) is 11.2 Å².